The molecule has 1 saturated heterocycles. The highest BCUT2D eigenvalue weighted by Gasteiger charge is 2.34. The zero-order valence-corrected chi connectivity index (χ0v) is 23.5. The topological polar surface area (TPSA) is 93.5 Å². The van der Waals surface area contributed by atoms with Crippen molar-refractivity contribution < 1.29 is 26.3 Å². The van der Waals surface area contributed by atoms with E-state index < -0.39 is 27.5 Å². The summed E-state index contributed by atoms with van der Waals surface area (Å²) in [5.41, 5.74) is -0.355. The Hall–Kier alpha value is -2.38. The van der Waals surface area contributed by atoms with E-state index in [2.05, 4.69) is 15.0 Å². The fraction of sp³-hybridized carbons (Fsp3) is 0.440. The molecule has 1 aliphatic rings. The Morgan fingerprint density at radius 3 is 2.62 bits per heavy atom. The van der Waals surface area contributed by atoms with Crippen LogP contribution in [-0.4, -0.2) is 61.7 Å². The number of hydrogen-bond acceptors (Lipinski definition) is 7. The predicted octanol–water partition coefficient (Wildman–Crippen LogP) is 4.49. The molecule has 8 nitrogen and oxygen atoms in total. The van der Waals surface area contributed by atoms with Crippen molar-refractivity contribution >= 4 is 43.9 Å². The van der Waals surface area contributed by atoms with Crippen LogP contribution >= 0.6 is 23.2 Å². The Kier molecular flexibility index (Phi) is 8.82. The van der Waals surface area contributed by atoms with Crippen LogP contribution in [0.4, 0.5) is 13.2 Å². The maximum Gasteiger partial charge on any atom is 0.573 e. The van der Waals surface area contributed by atoms with Crippen LogP contribution in [0.25, 0.3) is 10.9 Å². The van der Waals surface area contributed by atoms with Crippen molar-refractivity contribution in [3.8, 4) is 5.75 Å². The molecule has 212 valence electrons. The summed E-state index contributed by atoms with van der Waals surface area (Å²) in [5.74, 6) is -0.402. The van der Waals surface area contributed by atoms with Gasteiger partial charge in [-0.15, -0.1) is 13.2 Å². The number of hydrogen-bond donors (Lipinski definition) is 1. The lowest BCUT2D eigenvalue weighted by atomic mass is 10.1. The molecule has 1 aromatic heterocycles. The highest BCUT2D eigenvalue weighted by atomic mass is 35.5. The van der Waals surface area contributed by atoms with Gasteiger partial charge in [0.05, 0.1) is 39.4 Å². The van der Waals surface area contributed by atoms with Crippen LogP contribution in [-0.2, 0) is 22.9 Å². The summed E-state index contributed by atoms with van der Waals surface area (Å²) in [5, 5.41) is 3.06. The lowest BCUT2D eigenvalue weighted by molar-refractivity contribution is -0.274. The summed E-state index contributed by atoms with van der Waals surface area (Å²) in [6.07, 6.45) is -2.95. The fourth-order valence-electron chi connectivity index (χ4n) is 4.80. The lowest BCUT2D eigenvalue weighted by Gasteiger charge is -2.21. The number of fused-ring (bicyclic) bond motifs is 1. The number of sulfone groups is 1. The molecule has 0 saturated carbocycles. The number of likely N-dealkylation sites (tertiary alicyclic amines) is 1. The normalized spacial score (nSPS) is 16.7. The monoisotopic (exact) mass is 606 g/mol. The van der Waals surface area contributed by atoms with E-state index >= 15 is 0 Å². The van der Waals surface area contributed by atoms with Gasteiger partial charge in [-0.25, -0.2) is 13.4 Å². The van der Waals surface area contributed by atoms with Crippen LogP contribution in [0.5, 0.6) is 5.75 Å². The molecule has 0 radical (unpaired) electrons. The van der Waals surface area contributed by atoms with Gasteiger partial charge in [0.15, 0.2) is 9.84 Å². The van der Waals surface area contributed by atoms with Crippen LogP contribution in [0.1, 0.15) is 24.5 Å². The van der Waals surface area contributed by atoms with Crippen LogP contribution in [0.2, 0.25) is 10.0 Å². The third kappa shape index (κ3) is 6.68. The quantitative estimate of drug-likeness (QED) is 0.384. The number of rotatable bonds is 9. The van der Waals surface area contributed by atoms with Crippen molar-refractivity contribution in [1.82, 2.24) is 19.8 Å². The van der Waals surface area contributed by atoms with Gasteiger partial charge in [-0.05, 0) is 62.3 Å². The van der Waals surface area contributed by atoms with Crippen LogP contribution in [0.3, 0.4) is 0 Å². The average Bonchev–Trinajstić information content (AvgIpc) is 3.30. The molecule has 0 spiro atoms. The Morgan fingerprint density at radius 2 is 1.95 bits per heavy atom. The molecule has 3 aromatic rings. The standard InChI is InChI=1S/C25H27Cl2F3N4O4S/c1-3-39(36,37)21-5-4-17(26)8-16(21)12-34-14-32-23-18(24(34)35)9-20(38-25(28,29)30)19(22(23)27)13-33-7-6-15(11-33)10-31-2/h4-5,8-9,14-15,31H,3,6-7,10-13H2,1-2H3/t15-/m0/s1. The van der Waals surface area contributed by atoms with Gasteiger partial charge in [0.2, 0.25) is 0 Å². The van der Waals surface area contributed by atoms with Gasteiger partial charge in [-0.3, -0.25) is 14.3 Å². The van der Waals surface area contributed by atoms with E-state index in [-0.39, 0.29) is 55.8 Å². The molecule has 1 atom stereocenters. The zero-order valence-electron chi connectivity index (χ0n) is 21.2. The summed E-state index contributed by atoms with van der Waals surface area (Å²) < 4.78 is 70.7. The molecule has 0 unspecified atom stereocenters. The maximum atomic E-state index is 13.4. The first kappa shape index (κ1) is 29.6. The van der Waals surface area contributed by atoms with Crippen LogP contribution in [0, 0.1) is 5.92 Å². The first-order valence-corrected chi connectivity index (χ1v) is 14.6. The van der Waals surface area contributed by atoms with Gasteiger partial charge in [0, 0.05) is 23.7 Å². The van der Waals surface area contributed by atoms with Gasteiger partial charge < -0.3 is 10.1 Å². The minimum atomic E-state index is -5.02. The second-order valence-electron chi connectivity index (χ2n) is 9.39. The maximum absolute atomic E-state index is 13.4. The lowest BCUT2D eigenvalue weighted by Crippen LogP contribution is -2.26. The molecule has 0 aliphatic carbocycles. The number of ether oxygens (including phenoxy) is 1. The smallest absolute Gasteiger partial charge is 0.405 e. The van der Waals surface area contributed by atoms with Crippen molar-refractivity contribution in [2.24, 2.45) is 5.92 Å². The van der Waals surface area contributed by atoms with E-state index in [1.54, 1.807) is 0 Å². The molecule has 1 N–H and O–H groups in total. The molecule has 14 heteroatoms. The average molecular weight is 607 g/mol. The third-order valence-electron chi connectivity index (χ3n) is 6.67. The second-order valence-corrected chi connectivity index (χ2v) is 12.5. The summed E-state index contributed by atoms with van der Waals surface area (Å²) in [7, 11) is -1.81. The van der Waals surface area contributed by atoms with Gasteiger partial charge in [-0.1, -0.05) is 30.1 Å². The minimum Gasteiger partial charge on any atom is -0.405 e. The Morgan fingerprint density at radius 1 is 1.21 bits per heavy atom. The summed E-state index contributed by atoms with van der Waals surface area (Å²) in [6.45, 7) is 3.46. The van der Waals surface area contributed by atoms with Crippen LogP contribution < -0.4 is 15.6 Å². The van der Waals surface area contributed by atoms with Gasteiger partial charge in [0.25, 0.3) is 5.56 Å². The number of benzene rings is 2. The van der Waals surface area contributed by atoms with E-state index in [9.17, 15) is 26.4 Å². The largest absolute Gasteiger partial charge is 0.573 e. The molecule has 4 rings (SSSR count). The third-order valence-corrected chi connectivity index (χ3v) is 9.14. The molecule has 39 heavy (non-hydrogen) atoms. The van der Waals surface area contributed by atoms with E-state index in [4.69, 9.17) is 23.2 Å². The highest BCUT2D eigenvalue weighted by molar-refractivity contribution is 7.91. The predicted molar refractivity (Wildman–Crippen MR) is 143 cm³/mol. The molecule has 0 bridgehead atoms. The summed E-state index contributed by atoms with van der Waals surface area (Å²) in [4.78, 5) is 19.7. The van der Waals surface area contributed by atoms with E-state index in [1.165, 1.54) is 31.5 Å². The van der Waals surface area contributed by atoms with Crippen LogP contribution in [0.15, 0.2) is 40.3 Å². The minimum absolute atomic E-state index is 0.00179. The van der Waals surface area contributed by atoms with E-state index in [1.807, 2.05) is 11.9 Å². The van der Waals surface area contributed by atoms with Crippen molar-refractivity contribution in [3.05, 3.63) is 62.1 Å². The van der Waals surface area contributed by atoms with Crippen molar-refractivity contribution in [1.29, 1.82) is 0 Å². The molecule has 0 amide bonds. The van der Waals surface area contributed by atoms with Crippen molar-refractivity contribution in [2.75, 3.05) is 32.4 Å². The van der Waals surface area contributed by atoms with Gasteiger partial charge >= 0.3 is 6.36 Å². The number of nitrogens with zero attached hydrogens (tertiary/aromatic N) is 3. The highest BCUT2D eigenvalue weighted by Crippen LogP contribution is 2.37. The number of nitrogens with one attached hydrogen (secondary N) is 1. The molecule has 1 aliphatic heterocycles. The molecule has 2 aromatic carbocycles. The van der Waals surface area contributed by atoms with Gasteiger partial charge in [-0.2, -0.15) is 0 Å². The fourth-order valence-corrected chi connectivity index (χ4v) is 6.41. The SMILES string of the molecule is CCS(=O)(=O)c1ccc(Cl)cc1Cn1cnc2c(Cl)c(CN3CC[C@@H](CNC)C3)c(OC(F)(F)F)cc2c1=O. The Balaban J connectivity index is 1.79. The van der Waals surface area contributed by atoms with Crippen molar-refractivity contribution in [2.45, 2.75) is 37.7 Å². The summed E-state index contributed by atoms with van der Waals surface area (Å²) >= 11 is 12.6. The Labute approximate surface area is 233 Å². The first-order chi connectivity index (χ1) is 18.3. The molecule has 2 heterocycles. The van der Waals surface area contributed by atoms with Gasteiger partial charge in [0.1, 0.15) is 5.75 Å². The van der Waals surface area contributed by atoms with E-state index in [0.717, 1.165) is 23.6 Å². The first-order valence-electron chi connectivity index (χ1n) is 12.2. The van der Waals surface area contributed by atoms with Crippen molar-refractivity contribution in [3.63, 3.8) is 0 Å². The number of halogens is 5. The second kappa shape index (κ2) is 11.6. The number of alkyl halides is 3. The molecule has 1 fully saturated rings. The summed E-state index contributed by atoms with van der Waals surface area (Å²) in [6, 6.07) is 5.21. The molecular formula is C25H27Cl2F3N4O4S. The number of aromatic nitrogens is 2. The molecular weight excluding hydrogens is 580 g/mol. The van der Waals surface area contributed by atoms with E-state index in [0.29, 0.717) is 19.0 Å². The Bertz CT molecular complexity index is 1550. The zero-order chi connectivity index (χ0) is 28.5.